The lowest BCUT2D eigenvalue weighted by Crippen LogP contribution is -2.47. The second-order valence-corrected chi connectivity index (χ2v) is 7.33. The summed E-state index contributed by atoms with van der Waals surface area (Å²) in [7, 11) is 3.41. The van der Waals surface area contributed by atoms with Crippen LogP contribution in [0.4, 0.5) is 10.7 Å². The number of anilines is 1. The average molecular weight is 412 g/mol. The maximum Gasteiger partial charge on any atom is 0.324 e. The van der Waals surface area contributed by atoms with Gasteiger partial charge in [-0.3, -0.25) is 10.00 Å². The van der Waals surface area contributed by atoms with E-state index in [0.29, 0.717) is 38.1 Å². The number of H-pyrrole nitrogens is 1. The molecule has 3 rings (SSSR count). The van der Waals surface area contributed by atoms with Crippen LogP contribution in [-0.2, 0) is 7.05 Å². The Balaban J connectivity index is 1.80. The van der Waals surface area contributed by atoms with E-state index in [2.05, 4.69) is 27.0 Å². The van der Waals surface area contributed by atoms with E-state index in [0.717, 1.165) is 11.1 Å². The zero-order valence-electron chi connectivity index (χ0n) is 17.3. The maximum absolute atomic E-state index is 12.7. The first-order valence-electron chi connectivity index (χ1n) is 9.77. The van der Waals surface area contributed by atoms with Gasteiger partial charge in [-0.15, -0.1) is 6.58 Å². The highest BCUT2D eigenvalue weighted by Gasteiger charge is 2.32. The number of hydrogen-bond acceptors (Lipinski definition) is 5. The Morgan fingerprint density at radius 2 is 2.13 bits per heavy atom. The van der Waals surface area contributed by atoms with Gasteiger partial charge in [-0.1, -0.05) is 6.08 Å². The van der Waals surface area contributed by atoms with Crippen LogP contribution in [0.15, 0.2) is 49.6 Å². The van der Waals surface area contributed by atoms with Crippen molar-refractivity contribution >= 4 is 12.0 Å². The number of carbonyl (C=O) groups excluding carboxylic acids is 1. The molecule has 9 heteroatoms. The summed E-state index contributed by atoms with van der Waals surface area (Å²) in [6, 6.07) is 3.39. The molecule has 2 amide bonds. The predicted molar refractivity (Wildman–Crippen MR) is 115 cm³/mol. The molecule has 0 atom stereocenters. The number of aliphatic hydroxyl groups is 1. The number of aromatic amines is 1. The summed E-state index contributed by atoms with van der Waals surface area (Å²) in [6.07, 6.45) is 10.1. The zero-order valence-corrected chi connectivity index (χ0v) is 17.3. The first-order valence-corrected chi connectivity index (χ1v) is 9.77. The number of nitrogens with one attached hydrogen (secondary N) is 2. The van der Waals surface area contributed by atoms with Gasteiger partial charge in [0.25, 0.3) is 0 Å². The van der Waals surface area contributed by atoms with Crippen LogP contribution in [0.25, 0.3) is 11.1 Å². The number of carbonyl (C=O) groups is 1. The summed E-state index contributed by atoms with van der Waals surface area (Å²) >= 11 is 0. The van der Waals surface area contributed by atoms with Crippen molar-refractivity contribution in [1.82, 2.24) is 24.6 Å². The number of methoxy groups -OCH3 is 1. The molecule has 1 fully saturated rings. The molecule has 160 valence electrons. The molecule has 0 aliphatic carbocycles. The van der Waals surface area contributed by atoms with Crippen LogP contribution < -0.4 is 10.1 Å². The molecular formula is C21H28N6O3. The van der Waals surface area contributed by atoms with Crippen molar-refractivity contribution in [1.29, 1.82) is 0 Å². The Bertz CT molecular complexity index is 942. The topological polar surface area (TPSA) is 108 Å². The Hall–Kier alpha value is -3.33. The Morgan fingerprint density at radius 1 is 1.37 bits per heavy atom. The third-order valence-corrected chi connectivity index (χ3v) is 5.12. The van der Waals surface area contributed by atoms with Gasteiger partial charge in [-0.25, -0.2) is 9.78 Å². The standard InChI is InChI=1S/C21H28N6O3/c1-4-7-21(29)8-10-27(11-9-21)20(28)25-19-22-12-16(17-13-24-26(2)15-17)5-6-18(30-3)14-23-19/h4-6,12-15,29H,1,7-11H2,2-3H3,(H2,22,23,25,28). The van der Waals surface area contributed by atoms with Crippen LogP contribution in [0.3, 0.4) is 0 Å². The Labute approximate surface area is 175 Å². The Kier molecular flexibility index (Phi) is 6.73. The molecular weight excluding hydrogens is 384 g/mol. The number of ether oxygens (including phenoxy) is 1. The van der Waals surface area contributed by atoms with E-state index in [4.69, 9.17) is 4.74 Å². The third-order valence-electron chi connectivity index (χ3n) is 5.12. The van der Waals surface area contributed by atoms with E-state index in [-0.39, 0.29) is 12.0 Å². The molecule has 1 aliphatic rings. The molecule has 2 aromatic rings. The maximum atomic E-state index is 12.7. The molecule has 2 aromatic heterocycles. The van der Waals surface area contributed by atoms with Gasteiger partial charge in [-0.2, -0.15) is 5.10 Å². The van der Waals surface area contributed by atoms with Crippen LogP contribution in [0, 0.1) is 0 Å². The van der Waals surface area contributed by atoms with Crippen molar-refractivity contribution in [2.24, 2.45) is 7.05 Å². The SMILES string of the molecule is C=CCC1(O)CCN(C(=O)Nc2ncc(-c3cnn(C)c3)ccc(OC)c[nH]2)CC1. The summed E-state index contributed by atoms with van der Waals surface area (Å²) in [5.41, 5.74) is 0.919. The van der Waals surface area contributed by atoms with E-state index in [1.165, 1.54) is 0 Å². The predicted octanol–water partition coefficient (Wildman–Crippen LogP) is 2.88. The lowest BCUT2D eigenvalue weighted by molar-refractivity contribution is -0.00819. The van der Waals surface area contributed by atoms with Gasteiger partial charge in [0.1, 0.15) is 5.75 Å². The highest BCUT2D eigenvalue weighted by molar-refractivity contribution is 5.87. The van der Waals surface area contributed by atoms with Gasteiger partial charge in [-0.05, 0) is 31.4 Å². The van der Waals surface area contributed by atoms with Gasteiger partial charge in [0.15, 0.2) is 0 Å². The molecule has 0 spiro atoms. The highest BCUT2D eigenvalue weighted by atomic mass is 16.5. The molecule has 9 nitrogen and oxygen atoms in total. The minimum atomic E-state index is -0.782. The number of amides is 2. The lowest BCUT2D eigenvalue weighted by atomic mass is 9.88. The van der Waals surface area contributed by atoms with Crippen LogP contribution in [0.2, 0.25) is 0 Å². The van der Waals surface area contributed by atoms with Crippen molar-refractivity contribution < 1.29 is 14.6 Å². The zero-order chi connectivity index (χ0) is 21.6. The van der Waals surface area contributed by atoms with Crippen LogP contribution in [0.1, 0.15) is 19.3 Å². The number of piperidine rings is 1. The van der Waals surface area contributed by atoms with Gasteiger partial charge in [0, 0.05) is 49.9 Å². The summed E-state index contributed by atoms with van der Waals surface area (Å²) in [5, 5.41) is 17.5. The van der Waals surface area contributed by atoms with E-state index in [1.807, 2.05) is 19.3 Å². The quantitative estimate of drug-likeness (QED) is 0.655. The van der Waals surface area contributed by atoms with Gasteiger partial charge >= 0.3 is 6.03 Å². The fraction of sp³-hybridized carbons (Fsp3) is 0.381. The molecule has 0 saturated carbocycles. The second kappa shape index (κ2) is 9.45. The highest BCUT2D eigenvalue weighted by Crippen LogP contribution is 2.26. The molecule has 1 aliphatic heterocycles. The van der Waals surface area contributed by atoms with Crippen molar-refractivity contribution in [3.05, 3.63) is 49.6 Å². The minimum absolute atomic E-state index is 0.270. The molecule has 30 heavy (non-hydrogen) atoms. The van der Waals surface area contributed by atoms with E-state index < -0.39 is 5.60 Å². The fourth-order valence-corrected chi connectivity index (χ4v) is 3.29. The number of aryl methyl sites for hydroxylation is 1. The monoisotopic (exact) mass is 412 g/mol. The second-order valence-electron chi connectivity index (χ2n) is 7.33. The van der Waals surface area contributed by atoms with Crippen molar-refractivity contribution in [2.75, 3.05) is 25.5 Å². The normalized spacial score (nSPS) is 15.2. The third kappa shape index (κ3) is 5.38. The molecule has 0 aromatic carbocycles. The van der Waals surface area contributed by atoms with Crippen molar-refractivity contribution in [3.8, 4) is 16.9 Å². The number of rotatable bonds is 5. The van der Waals surface area contributed by atoms with Crippen LogP contribution in [-0.4, -0.2) is 61.6 Å². The fourth-order valence-electron chi connectivity index (χ4n) is 3.29. The summed E-state index contributed by atoms with van der Waals surface area (Å²) in [4.78, 5) is 21.8. The van der Waals surface area contributed by atoms with E-state index in [9.17, 15) is 9.90 Å². The first-order chi connectivity index (χ1) is 14.4. The van der Waals surface area contributed by atoms with Crippen LogP contribution >= 0.6 is 0 Å². The average Bonchev–Trinajstić information content (AvgIpc) is 3.18. The van der Waals surface area contributed by atoms with E-state index in [1.54, 1.807) is 47.4 Å². The summed E-state index contributed by atoms with van der Waals surface area (Å²) < 4.78 is 7.04. The van der Waals surface area contributed by atoms with Gasteiger partial charge in [0.05, 0.1) is 18.9 Å². The number of aromatic nitrogens is 4. The van der Waals surface area contributed by atoms with Crippen molar-refractivity contribution in [2.45, 2.75) is 24.9 Å². The number of likely N-dealkylation sites (tertiary alicyclic amines) is 1. The minimum Gasteiger partial charge on any atom is -0.495 e. The van der Waals surface area contributed by atoms with Crippen LogP contribution in [0.5, 0.6) is 5.75 Å². The largest absolute Gasteiger partial charge is 0.495 e. The first kappa shape index (κ1) is 21.4. The Morgan fingerprint density at radius 3 is 2.77 bits per heavy atom. The summed E-state index contributed by atoms with van der Waals surface area (Å²) in [6.45, 7) is 4.61. The molecule has 0 unspecified atom stereocenters. The molecule has 0 radical (unpaired) electrons. The smallest absolute Gasteiger partial charge is 0.324 e. The van der Waals surface area contributed by atoms with Gasteiger partial charge < -0.3 is 19.7 Å². The molecule has 3 heterocycles. The number of urea groups is 1. The molecule has 3 N–H and O–H groups in total. The van der Waals surface area contributed by atoms with E-state index >= 15 is 0 Å². The van der Waals surface area contributed by atoms with Crippen molar-refractivity contribution in [3.63, 3.8) is 0 Å². The molecule has 1 saturated heterocycles. The van der Waals surface area contributed by atoms with Gasteiger partial charge in [0.2, 0.25) is 5.95 Å². The summed E-state index contributed by atoms with van der Waals surface area (Å²) in [5.74, 6) is 0.840. The number of nitrogens with zero attached hydrogens (tertiary/aromatic N) is 4. The number of hydrogen-bond donors (Lipinski definition) is 3. The molecule has 0 bridgehead atoms. The lowest BCUT2D eigenvalue weighted by Gasteiger charge is -2.37.